The minimum atomic E-state index is -2.14. The van der Waals surface area contributed by atoms with Crippen LogP contribution in [0.25, 0.3) is 0 Å². The normalized spacial score (nSPS) is 54.1. The molecule has 1 aliphatic heterocycles. The lowest BCUT2D eigenvalue weighted by Gasteiger charge is -2.65. The summed E-state index contributed by atoms with van der Waals surface area (Å²) in [5, 5.41) is 63.7. The maximum atomic E-state index is 18.4. The Hall–Kier alpha value is -1.53. The van der Waals surface area contributed by atoms with Crippen LogP contribution >= 0.6 is 0 Å². The Labute approximate surface area is 221 Å². The van der Waals surface area contributed by atoms with Gasteiger partial charge >= 0.3 is 0 Å². The van der Waals surface area contributed by atoms with Crippen molar-refractivity contribution in [3.8, 4) is 0 Å². The second kappa shape index (κ2) is 8.99. The molecule has 0 aromatic rings. The molecule has 0 radical (unpaired) electrons. The lowest BCUT2D eigenvalue weighted by molar-refractivity contribution is -0.283. The highest BCUT2D eigenvalue weighted by Gasteiger charge is 2.77. The molecule has 0 aromatic heterocycles. The van der Waals surface area contributed by atoms with E-state index < -0.39 is 95.3 Å². The van der Waals surface area contributed by atoms with E-state index in [-0.39, 0.29) is 12.2 Å². The van der Waals surface area contributed by atoms with Gasteiger partial charge in [-0.2, -0.15) is 0 Å². The van der Waals surface area contributed by atoms with Crippen LogP contribution in [-0.4, -0.2) is 97.2 Å². The fourth-order valence-corrected chi connectivity index (χ4v) is 9.20. The summed E-state index contributed by atoms with van der Waals surface area (Å²) in [5.74, 6) is -3.98. The first-order valence-electron chi connectivity index (χ1n) is 13.5. The van der Waals surface area contributed by atoms with Crippen LogP contribution in [0.15, 0.2) is 23.8 Å². The van der Waals surface area contributed by atoms with E-state index in [4.69, 9.17) is 4.74 Å². The maximum absolute atomic E-state index is 18.4. The van der Waals surface area contributed by atoms with Gasteiger partial charge in [-0.1, -0.05) is 25.5 Å². The molecule has 5 aliphatic rings. The van der Waals surface area contributed by atoms with Crippen LogP contribution in [0.3, 0.4) is 0 Å². The number of fused-ring (bicyclic) bond motifs is 5. The lowest BCUT2D eigenvalue weighted by atomic mass is 9.41. The third-order valence-electron chi connectivity index (χ3n) is 11.2. The smallest absolute Gasteiger partial charge is 0.190 e. The fourth-order valence-electron chi connectivity index (χ4n) is 9.20. The molecule has 9 nitrogen and oxygen atoms in total. The highest BCUT2D eigenvalue weighted by Crippen LogP contribution is 2.73. The predicted molar refractivity (Wildman–Crippen MR) is 131 cm³/mol. The number of ether oxygens (including phenoxy) is 1. The summed E-state index contributed by atoms with van der Waals surface area (Å²) in [6.45, 7) is 3.58. The number of Topliss-reactive ketones (excluding diaryl/α,β-unsaturated/α-hetero) is 1. The highest BCUT2D eigenvalue weighted by molar-refractivity contribution is 6.01. The van der Waals surface area contributed by atoms with Crippen molar-refractivity contribution in [3.05, 3.63) is 23.8 Å². The molecule has 38 heavy (non-hydrogen) atoms. The van der Waals surface area contributed by atoms with Crippen LogP contribution in [0.2, 0.25) is 0 Å². The largest absolute Gasteiger partial charge is 0.394 e. The number of carbonyl (C=O) groups is 2. The van der Waals surface area contributed by atoms with Gasteiger partial charge in [0.2, 0.25) is 0 Å². The summed E-state index contributed by atoms with van der Waals surface area (Å²) >= 11 is 0. The van der Waals surface area contributed by atoms with Gasteiger partial charge in [-0.15, -0.1) is 0 Å². The number of alkyl halides is 1. The molecule has 0 amide bonds. The van der Waals surface area contributed by atoms with E-state index in [0.29, 0.717) is 24.8 Å². The Morgan fingerprint density at radius 3 is 2.42 bits per heavy atom. The number of rotatable bonds is 4. The number of aliphatic hydroxyl groups excluding tert-OH is 5. The minimum Gasteiger partial charge on any atom is -0.394 e. The number of hydrogen-bond acceptors (Lipinski definition) is 9. The minimum absolute atomic E-state index is 0.134. The summed E-state index contributed by atoms with van der Waals surface area (Å²) in [7, 11) is 0. The third-order valence-corrected chi connectivity index (χ3v) is 11.2. The molecule has 0 spiro atoms. The van der Waals surface area contributed by atoms with E-state index >= 15 is 4.39 Å². The molecule has 5 rings (SSSR count). The van der Waals surface area contributed by atoms with Crippen LogP contribution in [0.4, 0.5) is 4.39 Å². The van der Waals surface area contributed by atoms with Gasteiger partial charge in [0, 0.05) is 16.7 Å². The number of allylic oxidation sites excluding steroid dienone is 4. The quantitative estimate of drug-likeness (QED) is 0.289. The average molecular weight is 539 g/mol. The van der Waals surface area contributed by atoms with Gasteiger partial charge in [0.25, 0.3) is 0 Å². The molecule has 0 bridgehead atoms. The van der Waals surface area contributed by atoms with Crippen molar-refractivity contribution >= 4 is 11.6 Å². The SMILES string of the molecule is CC1C[C@H]2[C@@H]3CCC4=CC(=O)C=C[C@]4(C)[C@@]3(F)C([C@@H]3O[C@H](CO)[C@H](O)[C@H](O)[C@H]3O)C[C@]2(C)[C@@]1(O)C(=O)CO. The standard InChI is InChI=1S/C28H39FO9/c1-13-8-17-16-5-4-14-9-15(32)6-7-25(14,2)27(16,29)18(10-26(17,3)28(13,37)20(33)12-31)24-23(36)22(35)21(34)19(11-30)38-24/h6-7,9,13,16-19,21-24,30-31,34-37H,4-5,8,10-12H2,1-3H3/t13?,16-,17-,18?,19+,21-,22-,23+,24-,25-,26-,27-,28-/m0/s1. The first-order valence-corrected chi connectivity index (χ1v) is 13.5. The highest BCUT2D eigenvalue weighted by atomic mass is 19.1. The second-order valence-corrected chi connectivity index (χ2v) is 12.6. The first kappa shape index (κ1) is 28.0. The van der Waals surface area contributed by atoms with Gasteiger partial charge in [-0.25, -0.2) is 4.39 Å². The molecule has 1 heterocycles. The molecule has 10 heteroatoms. The fraction of sp³-hybridized carbons (Fsp3) is 0.786. The molecule has 2 unspecified atom stereocenters. The van der Waals surface area contributed by atoms with Gasteiger partial charge in [-0.3, -0.25) is 9.59 Å². The van der Waals surface area contributed by atoms with Crippen LogP contribution in [0.5, 0.6) is 0 Å². The number of carbonyl (C=O) groups excluding carboxylic acids is 2. The average Bonchev–Trinajstić information content (AvgIpc) is 3.09. The van der Waals surface area contributed by atoms with Gasteiger partial charge in [-0.05, 0) is 62.5 Å². The second-order valence-electron chi connectivity index (χ2n) is 12.6. The van der Waals surface area contributed by atoms with Crippen molar-refractivity contribution in [3.63, 3.8) is 0 Å². The predicted octanol–water partition coefficient (Wildman–Crippen LogP) is -0.00660. The van der Waals surface area contributed by atoms with Crippen LogP contribution in [0, 0.1) is 34.5 Å². The van der Waals surface area contributed by atoms with Gasteiger partial charge < -0.3 is 35.4 Å². The molecule has 13 atom stereocenters. The molecule has 212 valence electrons. The van der Waals surface area contributed by atoms with E-state index in [9.17, 15) is 40.2 Å². The summed E-state index contributed by atoms with van der Waals surface area (Å²) in [6, 6.07) is 0. The summed E-state index contributed by atoms with van der Waals surface area (Å²) in [4.78, 5) is 25.3. The van der Waals surface area contributed by atoms with Gasteiger partial charge in [0.15, 0.2) is 11.6 Å². The zero-order valence-electron chi connectivity index (χ0n) is 22.0. The van der Waals surface area contributed by atoms with Gasteiger partial charge in [0.05, 0.1) is 12.7 Å². The van der Waals surface area contributed by atoms with Crippen molar-refractivity contribution in [2.24, 2.45) is 34.5 Å². The molecule has 1 saturated heterocycles. The van der Waals surface area contributed by atoms with E-state index in [0.717, 1.165) is 0 Å². The molecular formula is C28H39FO9. The third kappa shape index (κ3) is 3.28. The van der Waals surface area contributed by atoms with Crippen LogP contribution in [0.1, 0.15) is 46.5 Å². The van der Waals surface area contributed by atoms with Crippen molar-refractivity contribution in [2.45, 2.75) is 88.2 Å². The molecule has 4 fully saturated rings. The molecular weight excluding hydrogens is 499 g/mol. The summed E-state index contributed by atoms with van der Waals surface area (Å²) in [6.07, 6.45) is -2.46. The summed E-state index contributed by atoms with van der Waals surface area (Å²) < 4.78 is 24.3. The monoisotopic (exact) mass is 538 g/mol. The van der Waals surface area contributed by atoms with Crippen LogP contribution < -0.4 is 0 Å². The zero-order chi connectivity index (χ0) is 28.0. The Kier molecular flexibility index (Phi) is 6.63. The Bertz CT molecular complexity index is 1070. The number of hydrogen-bond donors (Lipinski definition) is 6. The first-order chi connectivity index (χ1) is 17.7. The molecule has 0 aromatic carbocycles. The Morgan fingerprint density at radius 1 is 1.11 bits per heavy atom. The van der Waals surface area contributed by atoms with Crippen molar-refractivity contribution in [1.29, 1.82) is 0 Å². The maximum Gasteiger partial charge on any atom is 0.190 e. The van der Waals surface area contributed by atoms with Crippen molar-refractivity contribution < 1.29 is 49.4 Å². The summed E-state index contributed by atoms with van der Waals surface area (Å²) in [5.41, 5.74) is -5.98. The number of ketones is 2. The molecule has 4 aliphatic carbocycles. The van der Waals surface area contributed by atoms with E-state index in [1.54, 1.807) is 26.8 Å². The number of halogens is 1. The van der Waals surface area contributed by atoms with Crippen molar-refractivity contribution in [2.75, 3.05) is 13.2 Å². The van der Waals surface area contributed by atoms with E-state index in [1.807, 2.05) is 0 Å². The topological polar surface area (TPSA) is 165 Å². The number of aliphatic hydroxyl groups is 6. The molecule has 3 saturated carbocycles. The van der Waals surface area contributed by atoms with E-state index in [1.165, 1.54) is 12.2 Å². The van der Waals surface area contributed by atoms with Crippen molar-refractivity contribution in [1.82, 2.24) is 0 Å². The van der Waals surface area contributed by atoms with Gasteiger partial charge in [0.1, 0.15) is 42.3 Å². The van der Waals surface area contributed by atoms with E-state index in [2.05, 4.69) is 0 Å². The molecule has 6 N–H and O–H groups in total. The lowest BCUT2D eigenvalue weighted by Crippen LogP contribution is -2.72. The Balaban J connectivity index is 1.71. The van der Waals surface area contributed by atoms with Crippen LogP contribution in [-0.2, 0) is 14.3 Å². The zero-order valence-corrected chi connectivity index (χ0v) is 22.0. The Morgan fingerprint density at radius 2 is 1.79 bits per heavy atom.